The largest absolute Gasteiger partial charge is 0.390 e. The summed E-state index contributed by atoms with van der Waals surface area (Å²) in [4.78, 5) is 3.85. The van der Waals surface area contributed by atoms with E-state index in [-0.39, 0.29) is 0 Å². The van der Waals surface area contributed by atoms with Gasteiger partial charge in [0.05, 0.1) is 6.54 Å². The van der Waals surface area contributed by atoms with Gasteiger partial charge < -0.3 is 10.4 Å². The first kappa shape index (κ1) is 10.8. The van der Waals surface area contributed by atoms with E-state index in [4.69, 9.17) is 5.11 Å². The van der Waals surface area contributed by atoms with Gasteiger partial charge in [-0.25, -0.2) is 13.8 Å². The molecular formula is C9H12F2N2O. The van der Waals surface area contributed by atoms with E-state index >= 15 is 0 Å². The van der Waals surface area contributed by atoms with Crippen molar-refractivity contribution in [3.63, 3.8) is 0 Å². The van der Waals surface area contributed by atoms with Crippen molar-refractivity contribution in [1.82, 2.24) is 4.98 Å². The van der Waals surface area contributed by atoms with Crippen LogP contribution >= 0.6 is 0 Å². The first-order chi connectivity index (χ1) is 6.53. The summed E-state index contributed by atoms with van der Waals surface area (Å²) in [5.41, 5.74) is 0.940. The van der Waals surface area contributed by atoms with Gasteiger partial charge in [0.2, 0.25) is 0 Å². The fraction of sp³-hybridized carbons (Fsp3) is 0.444. The number of anilines is 1. The maximum Gasteiger partial charge on any atom is 0.287 e. The molecule has 1 aromatic rings. The molecule has 5 heteroatoms. The molecule has 0 amide bonds. The van der Waals surface area contributed by atoms with Crippen molar-refractivity contribution in [2.45, 2.75) is 12.8 Å². The van der Waals surface area contributed by atoms with Crippen molar-refractivity contribution < 1.29 is 13.9 Å². The van der Waals surface area contributed by atoms with Crippen molar-refractivity contribution in [3.05, 3.63) is 23.9 Å². The number of aromatic nitrogens is 1. The van der Waals surface area contributed by atoms with Gasteiger partial charge in [0.25, 0.3) is 5.92 Å². The third-order valence-electron chi connectivity index (χ3n) is 1.67. The van der Waals surface area contributed by atoms with Crippen LogP contribution in [0.5, 0.6) is 0 Å². The third kappa shape index (κ3) is 3.26. The van der Waals surface area contributed by atoms with E-state index < -0.39 is 19.1 Å². The molecule has 0 bridgehead atoms. The Morgan fingerprint density at radius 1 is 1.57 bits per heavy atom. The van der Waals surface area contributed by atoms with Gasteiger partial charge in [0.15, 0.2) is 0 Å². The highest BCUT2D eigenvalue weighted by Gasteiger charge is 2.27. The molecule has 0 atom stereocenters. The topological polar surface area (TPSA) is 45.2 Å². The highest BCUT2D eigenvalue weighted by atomic mass is 19.3. The molecule has 1 aromatic heterocycles. The minimum atomic E-state index is -3.11. The molecular weight excluding hydrogens is 190 g/mol. The first-order valence-electron chi connectivity index (χ1n) is 4.19. The van der Waals surface area contributed by atoms with Crippen LogP contribution in [0.1, 0.15) is 5.56 Å². The Kier molecular flexibility index (Phi) is 3.35. The molecule has 0 saturated heterocycles. The molecule has 0 fully saturated rings. The summed E-state index contributed by atoms with van der Waals surface area (Å²) >= 11 is 0. The smallest absolute Gasteiger partial charge is 0.287 e. The quantitative estimate of drug-likeness (QED) is 0.776. The van der Waals surface area contributed by atoms with E-state index in [1.165, 1.54) is 6.20 Å². The van der Waals surface area contributed by atoms with Crippen LogP contribution in [0.4, 0.5) is 14.6 Å². The highest BCUT2D eigenvalue weighted by Crippen LogP contribution is 2.13. The van der Waals surface area contributed by atoms with Gasteiger partial charge in [-0.15, -0.1) is 0 Å². The summed E-state index contributed by atoms with van der Waals surface area (Å²) in [6.07, 6.45) is 1.54. The van der Waals surface area contributed by atoms with E-state index in [1.54, 1.807) is 12.1 Å². The Labute approximate surface area is 80.8 Å². The number of rotatable bonds is 4. The molecule has 78 valence electrons. The standard InChI is InChI=1S/C9H12F2N2O/c1-7-2-3-12-8(4-7)13-5-9(10,11)6-14/h2-4,14H,5-6H2,1H3,(H,12,13). The zero-order valence-corrected chi connectivity index (χ0v) is 7.80. The van der Waals surface area contributed by atoms with Crippen LogP contribution in [0, 0.1) is 6.92 Å². The minimum Gasteiger partial charge on any atom is -0.390 e. The number of aliphatic hydroxyl groups is 1. The monoisotopic (exact) mass is 202 g/mol. The second kappa shape index (κ2) is 4.32. The van der Waals surface area contributed by atoms with Crippen LogP contribution in [-0.2, 0) is 0 Å². The van der Waals surface area contributed by atoms with Crippen LogP contribution < -0.4 is 5.32 Å². The van der Waals surface area contributed by atoms with Crippen molar-refractivity contribution in [1.29, 1.82) is 0 Å². The van der Waals surface area contributed by atoms with Crippen LogP contribution in [-0.4, -0.2) is 29.2 Å². The van der Waals surface area contributed by atoms with Crippen molar-refractivity contribution >= 4 is 5.82 Å². The fourth-order valence-electron chi connectivity index (χ4n) is 0.909. The van der Waals surface area contributed by atoms with Crippen LogP contribution in [0.3, 0.4) is 0 Å². The van der Waals surface area contributed by atoms with Gasteiger partial charge in [-0.3, -0.25) is 0 Å². The predicted molar refractivity (Wildman–Crippen MR) is 49.5 cm³/mol. The molecule has 2 N–H and O–H groups in total. The van der Waals surface area contributed by atoms with E-state index in [0.717, 1.165) is 5.56 Å². The summed E-state index contributed by atoms with van der Waals surface area (Å²) < 4.78 is 25.2. The summed E-state index contributed by atoms with van der Waals surface area (Å²) in [6.45, 7) is 0.0722. The van der Waals surface area contributed by atoms with Gasteiger partial charge >= 0.3 is 0 Å². The SMILES string of the molecule is Cc1ccnc(NCC(F)(F)CO)c1. The summed E-state index contributed by atoms with van der Waals surface area (Å²) in [5.74, 6) is -2.72. The van der Waals surface area contributed by atoms with Crippen molar-refractivity contribution in [2.75, 3.05) is 18.5 Å². The molecule has 1 heterocycles. The highest BCUT2D eigenvalue weighted by molar-refractivity contribution is 5.37. The van der Waals surface area contributed by atoms with Gasteiger partial charge in [-0.2, -0.15) is 0 Å². The van der Waals surface area contributed by atoms with Gasteiger partial charge in [-0.1, -0.05) is 0 Å². The predicted octanol–water partition coefficient (Wildman–Crippen LogP) is 1.43. The Balaban J connectivity index is 2.54. The number of aliphatic hydroxyl groups excluding tert-OH is 1. The summed E-state index contributed by atoms with van der Waals surface area (Å²) in [6, 6.07) is 3.43. The lowest BCUT2D eigenvalue weighted by atomic mass is 10.3. The summed E-state index contributed by atoms with van der Waals surface area (Å²) in [5, 5.41) is 10.8. The molecule has 0 saturated carbocycles. The number of nitrogens with one attached hydrogen (secondary N) is 1. The van der Waals surface area contributed by atoms with Crippen molar-refractivity contribution in [2.24, 2.45) is 0 Å². The number of hydrogen-bond acceptors (Lipinski definition) is 3. The van der Waals surface area contributed by atoms with E-state index in [9.17, 15) is 8.78 Å². The van der Waals surface area contributed by atoms with Crippen LogP contribution in [0.2, 0.25) is 0 Å². The number of alkyl halides is 2. The fourth-order valence-corrected chi connectivity index (χ4v) is 0.909. The zero-order valence-electron chi connectivity index (χ0n) is 7.80. The van der Waals surface area contributed by atoms with Crippen LogP contribution in [0.15, 0.2) is 18.3 Å². The van der Waals surface area contributed by atoms with E-state index in [1.807, 2.05) is 6.92 Å². The zero-order chi connectivity index (χ0) is 10.6. The summed E-state index contributed by atoms with van der Waals surface area (Å²) in [7, 11) is 0. The lowest BCUT2D eigenvalue weighted by molar-refractivity contribution is -0.0373. The maximum absolute atomic E-state index is 12.6. The molecule has 0 aliphatic heterocycles. The number of aryl methyl sites for hydroxylation is 1. The van der Waals surface area contributed by atoms with Gasteiger partial charge in [0, 0.05) is 6.20 Å². The minimum absolute atomic E-state index is 0.387. The second-order valence-corrected chi connectivity index (χ2v) is 3.09. The Morgan fingerprint density at radius 3 is 2.86 bits per heavy atom. The normalized spacial score (nSPS) is 11.4. The average Bonchev–Trinajstić information content (AvgIpc) is 2.15. The van der Waals surface area contributed by atoms with E-state index in [2.05, 4.69) is 10.3 Å². The molecule has 3 nitrogen and oxygen atoms in total. The molecule has 14 heavy (non-hydrogen) atoms. The third-order valence-corrected chi connectivity index (χ3v) is 1.67. The maximum atomic E-state index is 12.6. The average molecular weight is 202 g/mol. The molecule has 0 aliphatic rings. The Bertz CT molecular complexity index is 305. The molecule has 0 spiro atoms. The molecule has 0 aromatic carbocycles. The lowest BCUT2D eigenvalue weighted by Crippen LogP contribution is -2.31. The van der Waals surface area contributed by atoms with Crippen LogP contribution in [0.25, 0.3) is 0 Å². The number of hydrogen-bond donors (Lipinski definition) is 2. The molecule has 1 rings (SSSR count). The van der Waals surface area contributed by atoms with Gasteiger partial charge in [-0.05, 0) is 24.6 Å². The number of pyridine rings is 1. The Morgan fingerprint density at radius 2 is 2.29 bits per heavy atom. The molecule has 0 unspecified atom stereocenters. The number of halogens is 2. The molecule has 0 aliphatic carbocycles. The lowest BCUT2D eigenvalue weighted by Gasteiger charge is -2.14. The van der Waals surface area contributed by atoms with Gasteiger partial charge in [0.1, 0.15) is 12.4 Å². The second-order valence-electron chi connectivity index (χ2n) is 3.09. The van der Waals surface area contributed by atoms with E-state index in [0.29, 0.717) is 5.82 Å². The molecule has 0 radical (unpaired) electrons. The number of nitrogens with zero attached hydrogens (tertiary/aromatic N) is 1. The Hall–Kier alpha value is -1.23. The van der Waals surface area contributed by atoms with Crippen molar-refractivity contribution in [3.8, 4) is 0 Å². The first-order valence-corrected chi connectivity index (χ1v) is 4.19.